The zero-order chi connectivity index (χ0) is 17.6. The number of aryl methyl sites for hydroxylation is 1. The Balaban J connectivity index is 2.03. The second kappa shape index (κ2) is 7.88. The summed E-state index contributed by atoms with van der Waals surface area (Å²) in [7, 11) is -2.05. The SMILES string of the molecule is CCc1noc(-c2ccccc2NC(=O)NCCS(=O)(=O)NC)n1. The monoisotopic (exact) mass is 353 g/mol. The molecule has 2 rings (SSSR count). The number of amides is 2. The summed E-state index contributed by atoms with van der Waals surface area (Å²) in [4.78, 5) is 16.2. The van der Waals surface area contributed by atoms with E-state index in [0.29, 0.717) is 29.4 Å². The van der Waals surface area contributed by atoms with Gasteiger partial charge in [-0.3, -0.25) is 0 Å². The van der Waals surface area contributed by atoms with Crippen molar-refractivity contribution < 1.29 is 17.7 Å². The van der Waals surface area contributed by atoms with E-state index in [2.05, 4.69) is 25.5 Å². The number of carbonyl (C=O) groups is 1. The van der Waals surface area contributed by atoms with Crippen molar-refractivity contribution in [2.75, 3.05) is 24.7 Å². The van der Waals surface area contributed by atoms with Crippen molar-refractivity contribution in [3.8, 4) is 11.5 Å². The molecule has 2 aromatic rings. The molecule has 24 heavy (non-hydrogen) atoms. The maximum atomic E-state index is 11.9. The number of anilines is 1. The van der Waals surface area contributed by atoms with Crippen LogP contribution < -0.4 is 15.4 Å². The van der Waals surface area contributed by atoms with Crippen LogP contribution in [-0.2, 0) is 16.4 Å². The van der Waals surface area contributed by atoms with Gasteiger partial charge in [0.05, 0.1) is 17.0 Å². The van der Waals surface area contributed by atoms with E-state index in [1.165, 1.54) is 7.05 Å². The molecule has 130 valence electrons. The number of hydrogen-bond acceptors (Lipinski definition) is 6. The Hall–Kier alpha value is -2.46. The predicted octanol–water partition coefficient (Wildman–Crippen LogP) is 0.970. The first-order valence-corrected chi connectivity index (χ1v) is 8.98. The Kier molecular flexibility index (Phi) is 5.88. The molecule has 0 aliphatic heterocycles. The van der Waals surface area contributed by atoms with E-state index in [0.717, 1.165) is 0 Å². The van der Waals surface area contributed by atoms with E-state index in [4.69, 9.17) is 4.52 Å². The highest BCUT2D eigenvalue weighted by atomic mass is 32.2. The number of aromatic nitrogens is 2. The molecule has 0 aliphatic carbocycles. The van der Waals surface area contributed by atoms with Crippen LogP contribution in [0.1, 0.15) is 12.7 Å². The van der Waals surface area contributed by atoms with Gasteiger partial charge in [-0.2, -0.15) is 4.98 Å². The minimum atomic E-state index is -3.37. The zero-order valence-electron chi connectivity index (χ0n) is 13.4. The Labute approximate surface area is 139 Å². The molecule has 1 heterocycles. The first-order chi connectivity index (χ1) is 11.4. The van der Waals surface area contributed by atoms with Crippen LogP contribution in [0.5, 0.6) is 0 Å². The van der Waals surface area contributed by atoms with E-state index in [1.807, 2.05) is 6.92 Å². The standard InChI is InChI=1S/C14H19N5O4S/c1-3-12-18-13(23-19-12)10-6-4-5-7-11(10)17-14(20)16-8-9-24(21,22)15-2/h4-7,15H,3,8-9H2,1-2H3,(H2,16,17,20). The lowest BCUT2D eigenvalue weighted by atomic mass is 10.2. The lowest BCUT2D eigenvalue weighted by molar-refractivity contribution is 0.252. The van der Waals surface area contributed by atoms with Crippen LogP contribution in [0.4, 0.5) is 10.5 Å². The molecule has 0 radical (unpaired) electrons. The van der Waals surface area contributed by atoms with Crippen molar-refractivity contribution in [1.82, 2.24) is 20.2 Å². The van der Waals surface area contributed by atoms with E-state index >= 15 is 0 Å². The lowest BCUT2D eigenvalue weighted by Gasteiger charge is -2.10. The number of benzene rings is 1. The third-order valence-corrected chi connectivity index (χ3v) is 4.52. The smallest absolute Gasteiger partial charge is 0.319 e. The molecule has 0 atom stereocenters. The summed E-state index contributed by atoms with van der Waals surface area (Å²) in [5.74, 6) is 0.671. The number of hydrogen-bond donors (Lipinski definition) is 3. The molecule has 0 aliphatic rings. The molecule has 1 aromatic heterocycles. The van der Waals surface area contributed by atoms with E-state index in [1.54, 1.807) is 24.3 Å². The van der Waals surface area contributed by atoms with E-state index in [-0.39, 0.29) is 12.3 Å². The second-order valence-corrected chi connectivity index (χ2v) is 6.86. The molecule has 2 amide bonds. The van der Waals surface area contributed by atoms with Crippen LogP contribution in [0.3, 0.4) is 0 Å². The molecular formula is C14H19N5O4S. The average molecular weight is 353 g/mol. The van der Waals surface area contributed by atoms with Crippen molar-refractivity contribution in [3.63, 3.8) is 0 Å². The van der Waals surface area contributed by atoms with Crippen molar-refractivity contribution in [2.24, 2.45) is 0 Å². The summed E-state index contributed by atoms with van der Waals surface area (Å²) in [5.41, 5.74) is 1.07. The van der Waals surface area contributed by atoms with Gasteiger partial charge >= 0.3 is 6.03 Å². The highest BCUT2D eigenvalue weighted by Crippen LogP contribution is 2.26. The minimum absolute atomic E-state index is 0.0162. The first kappa shape index (κ1) is 17.9. The van der Waals surface area contributed by atoms with Crippen molar-refractivity contribution in [1.29, 1.82) is 0 Å². The molecule has 0 spiro atoms. The topological polar surface area (TPSA) is 126 Å². The van der Waals surface area contributed by atoms with Crippen LogP contribution >= 0.6 is 0 Å². The molecule has 0 bridgehead atoms. The van der Waals surface area contributed by atoms with E-state index in [9.17, 15) is 13.2 Å². The van der Waals surface area contributed by atoms with Gasteiger partial charge in [0.25, 0.3) is 5.89 Å². The van der Waals surface area contributed by atoms with Crippen LogP contribution in [0.2, 0.25) is 0 Å². The van der Waals surface area contributed by atoms with Gasteiger partial charge in [0, 0.05) is 13.0 Å². The quantitative estimate of drug-likeness (QED) is 0.681. The lowest BCUT2D eigenvalue weighted by Crippen LogP contribution is -2.35. The van der Waals surface area contributed by atoms with Gasteiger partial charge < -0.3 is 15.2 Å². The van der Waals surface area contributed by atoms with Gasteiger partial charge in [0.15, 0.2) is 5.82 Å². The Morgan fingerprint density at radius 1 is 1.29 bits per heavy atom. The van der Waals surface area contributed by atoms with Crippen molar-refractivity contribution >= 4 is 21.7 Å². The van der Waals surface area contributed by atoms with Gasteiger partial charge in [-0.15, -0.1) is 0 Å². The van der Waals surface area contributed by atoms with Gasteiger partial charge in [0.1, 0.15) is 0 Å². The van der Waals surface area contributed by atoms with Crippen LogP contribution in [-0.4, -0.2) is 43.9 Å². The number of rotatable bonds is 7. The van der Waals surface area contributed by atoms with Gasteiger partial charge in [-0.1, -0.05) is 24.2 Å². The third kappa shape index (κ3) is 4.77. The summed E-state index contributed by atoms with van der Waals surface area (Å²) in [6.45, 7) is 1.89. The highest BCUT2D eigenvalue weighted by Gasteiger charge is 2.14. The van der Waals surface area contributed by atoms with E-state index < -0.39 is 16.1 Å². The summed E-state index contributed by atoms with van der Waals surface area (Å²) in [5, 5.41) is 8.96. The summed E-state index contributed by atoms with van der Waals surface area (Å²) < 4.78 is 30.0. The Morgan fingerprint density at radius 3 is 2.71 bits per heavy atom. The normalized spacial score (nSPS) is 11.2. The summed E-state index contributed by atoms with van der Waals surface area (Å²) >= 11 is 0. The van der Waals surface area contributed by atoms with Crippen LogP contribution in [0.15, 0.2) is 28.8 Å². The predicted molar refractivity (Wildman–Crippen MR) is 89.0 cm³/mol. The minimum Gasteiger partial charge on any atom is -0.337 e. The molecule has 0 saturated heterocycles. The summed E-state index contributed by atoms with van der Waals surface area (Å²) in [6.07, 6.45) is 0.638. The van der Waals surface area contributed by atoms with Crippen molar-refractivity contribution in [3.05, 3.63) is 30.1 Å². The zero-order valence-corrected chi connectivity index (χ0v) is 14.2. The largest absolute Gasteiger partial charge is 0.337 e. The molecule has 1 aromatic carbocycles. The fourth-order valence-corrected chi connectivity index (χ4v) is 2.43. The highest BCUT2D eigenvalue weighted by molar-refractivity contribution is 7.89. The molecule has 0 unspecified atom stereocenters. The third-order valence-electron chi connectivity index (χ3n) is 3.16. The Morgan fingerprint density at radius 2 is 2.04 bits per heavy atom. The Bertz CT molecular complexity index is 803. The number of sulfonamides is 1. The number of nitrogens with one attached hydrogen (secondary N) is 3. The molecule has 3 N–H and O–H groups in total. The number of para-hydroxylation sites is 1. The number of nitrogens with zero attached hydrogens (tertiary/aromatic N) is 2. The van der Waals surface area contributed by atoms with Crippen LogP contribution in [0.25, 0.3) is 11.5 Å². The van der Waals surface area contributed by atoms with Gasteiger partial charge in [-0.25, -0.2) is 17.9 Å². The molecular weight excluding hydrogens is 334 g/mol. The fraction of sp³-hybridized carbons (Fsp3) is 0.357. The second-order valence-electron chi connectivity index (χ2n) is 4.82. The molecule has 9 nitrogen and oxygen atoms in total. The number of urea groups is 1. The van der Waals surface area contributed by atoms with Gasteiger partial charge in [-0.05, 0) is 19.2 Å². The van der Waals surface area contributed by atoms with Crippen LogP contribution in [0, 0.1) is 0 Å². The first-order valence-electron chi connectivity index (χ1n) is 7.33. The maximum absolute atomic E-state index is 11.9. The molecule has 10 heteroatoms. The molecule has 0 fully saturated rings. The molecule has 0 saturated carbocycles. The maximum Gasteiger partial charge on any atom is 0.319 e. The van der Waals surface area contributed by atoms with Crippen molar-refractivity contribution in [2.45, 2.75) is 13.3 Å². The fourth-order valence-electron chi connectivity index (χ4n) is 1.85. The summed E-state index contributed by atoms with van der Waals surface area (Å²) in [6, 6.07) is 6.45. The van der Waals surface area contributed by atoms with Gasteiger partial charge in [0.2, 0.25) is 10.0 Å². The number of carbonyl (C=O) groups excluding carboxylic acids is 1. The average Bonchev–Trinajstić information content (AvgIpc) is 3.04.